The third-order valence-corrected chi connectivity index (χ3v) is 4.22. The Morgan fingerprint density at radius 1 is 1.48 bits per heavy atom. The van der Waals surface area contributed by atoms with Gasteiger partial charge >= 0.3 is 0 Å². The number of nitrogens with one attached hydrogen (secondary N) is 2. The number of rotatable bonds is 4. The van der Waals surface area contributed by atoms with E-state index in [1.165, 1.54) is 0 Å². The van der Waals surface area contributed by atoms with Gasteiger partial charge in [0.2, 0.25) is 0 Å². The molecule has 0 aliphatic carbocycles. The van der Waals surface area contributed by atoms with Gasteiger partial charge in [0, 0.05) is 30.7 Å². The number of carbonyl (C=O) groups excluding carboxylic acids is 1. The van der Waals surface area contributed by atoms with Gasteiger partial charge in [0.05, 0.1) is 11.4 Å². The van der Waals surface area contributed by atoms with Crippen molar-refractivity contribution in [1.29, 1.82) is 0 Å². The number of anilines is 2. The molecule has 5 nitrogen and oxygen atoms in total. The van der Waals surface area contributed by atoms with Gasteiger partial charge in [0.15, 0.2) is 0 Å². The van der Waals surface area contributed by atoms with Crippen molar-refractivity contribution in [2.75, 3.05) is 31.2 Å². The summed E-state index contributed by atoms with van der Waals surface area (Å²) in [5.41, 5.74) is 8.24. The number of amides is 1. The van der Waals surface area contributed by atoms with E-state index in [2.05, 4.69) is 29.5 Å². The lowest BCUT2D eigenvalue weighted by Gasteiger charge is -2.36. The number of benzene rings is 1. The summed E-state index contributed by atoms with van der Waals surface area (Å²) >= 11 is 0. The van der Waals surface area contributed by atoms with E-state index in [4.69, 9.17) is 5.73 Å². The summed E-state index contributed by atoms with van der Waals surface area (Å²) in [4.78, 5) is 14.2. The highest BCUT2D eigenvalue weighted by molar-refractivity contribution is 5.96. The van der Waals surface area contributed by atoms with Gasteiger partial charge < -0.3 is 21.3 Å². The SMILES string of the molecule is CCNC(=O)c1ccc(NC2CCN(C)C(C)C2)c(N)c1. The van der Waals surface area contributed by atoms with Crippen LogP contribution in [0.15, 0.2) is 18.2 Å². The van der Waals surface area contributed by atoms with Crippen molar-refractivity contribution in [2.24, 2.45) is 0 Å². The first-order valence-corrected chi connectivity index (χ1v) is 7.65. The van der Waals surface area contributed by atoms with E-state index >= 15 is 0 Å². The molecule has 5 heteroatoms. The largest absolute Gasteiger partial charge is 0.397 e. The fourth-order valence-corrected chi connectivity index (χ4v) is 2.74. The van der Waals surface area contributed by atoms with Crippen LogP contribution in [0, 0.1) is 0 Å². The first-order chi connectivity index (χ1) is 10.0. The molecule has 116 valence electrons. The quantitative estimate of drug-likeness (QED) is 0.741. The summed E-state index contributed by atoms with van der Waals surface area (Å²) in [5.74, 6) is -0.0799. The zero-order valence-electron chi connectivity index (χ0n) is 13.1. The number of nitrogens with two attached hydrogens (primary N) is 1. The molecular formula is C16H26N4O. The van der Waals surface area contributed by atoms with Gasteiger partial charge in [-0.05, 0) is 51.9 Å². The van der Waals surface area contributed by atoms with Gasteiger partial charge in [-0.25, -0.2) is 0 Å². The Hall–Kier alpha value is -1.75. The number of nitrogen functional groups attached to an aromatic ring is 1. The van der Waals surface area contributed by atoms with Crippen LogP contribution < -0.4 is 16.4 Å². The molecule has 0 saturated carbocycles. The summed E-state index contributed by atoms with van der Waals surface area (Å²) in [6.45, 7) is 5.86. The second-order valence-corrected chi connectivity index (χ2v) is 5.86. The molecule has 1 aromatic carbocycles. The predicted molar refractivity (Wildman–Crippen MR) is 87.6 cm³/mol. The standard InChI is InChI=1S/C16H26N4O/c1-4-18-16(21)12-5-6-15(14(17)10-12)19-13-7-8-20(3)11(2)9-13/h5-6,10-11,13,19H,4,7-9,17H2,1-3H3,(H,18,21). The summed E-state index contributed by atoms with van der Waals surface area (Å²) in [6, 6.07) is 6.48. The van der Waals surface area contributed by atoms with Gasteiger partial charge in [0.25, 0.3) is 5.91 Å². The van der Waals surface area contributed by atoms with Gasteiger partial charge in [-0.15, -0.1) is 0 Å². The van der Waals surface area contributed by atoms with Crippen LogP contribution >= 0.6 is 0 Å². The average molecular weight is 290 g/mol. The first kappa shape index (κ1) is 15.6. The molecule has 0 spiro atoms. The van der Waals surface area contributed by atoms with Crippen LogP contribution in [0.25, 0.3) is 0 Å². The van der Waals surface area contributed by atoms with E-state index in [1.807, 2.05) is 19.1 Å². The molecule has 2 rings (SSSR count). The maximum Gasteiger partial charge on any atom is 0.251 e. The minimum absolute atomic E-state index is 0.0799. The normalized spacial score (nSPS) is 22.8. The zero-order chi connectivity index (χ0) is 15.4. The smallest absolute Gasteiger partial charge is 0.251 e. The Morgan fingerprint density at radius 2 is 2.24 bits per heavy atom. The van der Waals surface area contributed by atoms with Crippen LogP contribution in [-0.4, -0.2) is 43.0 Å². The molecule has 21 heavy (non-hydrogen) atoms. The van der Waals surface area contributed by atoms with Crippen LogP contribution in [0.5, 0.6) is 0 Å². The lowest BCUT2D eigenvalue weighted by atomic mass is 9.98. The molecule has 1 heterocycles. The second kappa shape index (κ2) is 6.80. The molecule has 0 bridgehead atoms. The third kappa shape index (κ3) is 3.88. The zero-order valence-corrected chi connectivity index (χ0v) is 13.1. The maximum absolute atomic E-state index is 11.8. The molecule has 0 radical (unpaired) electrons. The Labute approximate surface area is 126 Å². The third-order valence-electron chi connectivity index (χ3n) is 4.22. The van der Waals surface area contributed by atoms with Crippen LogP contribution in [0.3, 0.4) is 0 Å². The lowest BCUT2D eigenvalue weighted by Crippen LogP contribution is -2.42. The van der Waals surface area contributed by atoms with Gasteiger partial charge in [0.1, 0.15) is 0 Å². The molecule has 0 aromatic heterocycles. The number of hydrogen-bond donors (Lipinski definition) is 3. The number of carbonyl (C=O) groups is 1. The van der Waals surface area contributed by atoms with Crippen molar-refractivity contribution in [3.63, 3.8) is 0 Å². The van der Waals surface area contributed by atoms with E-state index in [1.54, 1.807) is 6.07 Å². The average Bonchev–Trinajstić information content (AvgIpc) is 2.45. The van der Waals surface area contributed by atoms with E-state index in [-0.39, 0.29) is 5.91 Å². The number of likely N-dealkylation sites (tertiary alicyclic amines) is 1. The van der Waals surface area contributed by atoms with Crippen molar-refractivity contribution in [3.05, 3.63) is 23.8 Å². The summed E-state index contributed by atoms with van der Waals surface area (Å²) in [7, 11) is 2.16. The predicted octanol–water partition coefficient (Wildman–Crippen LogP) is 1.91. The highest BCUT2D eigenvalue weighted by Crippen LogP contribution is 2.25. The number of nitrogens with zero attached hydrogens (tertiary/aromatic N) is 1. The van der Waals surface area contributed by atoms with Gasteiger partial charge in [-0.3, -0.25) is 4.79 Å². The molecule has 4 N–H and O–H groups in total. The topological polar surface area (TPSA) is 70.4 Å². The highest BCUT2D eigenvalue weighted by Gasteiger charge is 2.23. The molecule has 2 unspecified atom stereocenters. The fourth-order valence-electron chi connectivity index (χ4n) is 2.74. The molecule has 1 aliphatic heterocycles. The van der Waals surface area contributed by atoms with Gasteiger partial charge in [-0.1, -0.05) is 0 Å². The molecule has 1 aromatic rings. The Kier molecular flexibility index (Phi) is 5.07. The summed E-state index contributed by atoms with van der Waals surface area (Å²) in [6.07, 6.45) is 2.21. The van der Waals surface area contributed by atoms with Crippen molar-refractivity contribution >= 4 is 17.3 Å². The van der Waals surface area contributed by atoms with Crippen molar-refractivity contribution in [1.82, 2.24) is 10.2 Å². The fraction of sp³-hybridized carbons (Fsp3) is 0.562. The van der Waals surface area contributed by atoms with Crippen molar-refractivity contribution < 1.29 is 4.79 Å². The Bertz CT molecular complexity index is 503. The van der Waals surface area contributed by atoms with E-state index in [0.29, 0.717) is 29.9 Å². The van der Waals surface area contributed by atoms with E-state index in [9.17, 15) is 4.79 Å². The maximum atomic E-state index is 11.8. The molecule has 1 amide bonds. The summed E-state index contributed by atoms with van der Waals surface area (Å²) in [5, 5.41) is 6.29. The highest BCUT2D eigenvalue weighted by atomic mass is 16.1. The molecule has 2 atom stereocenters. The van der Waals surface area contributed by atoms with Crippen LogP contribution in [0.4, 0.5) is 11.4 Å². The Morgan fingerprint density at radius 3 is 2.86 bits per heavy atom. The molecule has 1 aliphatic rings. The summed E-state index contributed by atoms with van der Waals surface area (Å²) < 4.78 is 0. The number of hydrogen-bond acceptors (Lipinski definition) is 4. The molecule has 1 saturated heterocycles. The van der Waals surface area contributed by atoms with Gasteiger partial charge in [-0.2, -0.15) is 0 Å². The van der Waals surface area contributed by atoms with E-state index < -0.39 is 0 Å². The van der Waals surface area contributed by atoms with E-state index in [0.717, 1.165) is 25.1 Å². The van der Waals surface area contributed by atoms with Crippen LogP contribution in [0.1, 0.15) is 37.0 Å². The lowest BCUT2D eigenvalue weighted by molar-refractivity contribution is 0.0956. The van der Waals surface area contributed by atoms with Crippen LogP contribution in [0.2, 0.25) is 0 Å². The second-order valence-electron chi connectivity index (χ2n) is 5.86. The minimum Gasteiger partial charge on any atom is -0.397 e. The monoisotopic (exact) mass is 290 g/mol. The molecule has 1 fully saturated rings. The van der Waals surface area contributed by atoms with Crippen LogP contribution in [-0.2, 0) is 0 Å². The molecular weight excluding hydrogens is 264 g/mol. The van der Waals surface area contributed by atoms with Crippen molar-refractivity contribution in [3.8, 4) is 0 Å². The number of piperidine rings is 1. The first-order valence-electron chi connectivity index (χ1n) is 7.65. The Balaban J connectivity index is 2.03. The minimum atomic E-state index is -0.0799. The van der Waals surface area contributed by atoms with Crippen molar-refractivity contribution in [2.45, 2.75) is 38.8 Å².